The van der Waals surface area contributed by atoms with E-state index in [9.17, 15) is 73.8 Å². The Hall–Kier alpha value is -7.30. The first-order chi connectivity index (χ1) is 41.5. The summed E-state index contributed by atoms with van der Waals surface area (Å²) >= 11 is 2.41. The quantitative estimate of drug-likeness (QED) is 0.0276. The molecule has 29 nitrogen and oxygen atoms in total. The molecule has 2 radical (unpaired) electrons. The van der Waals surface area contributed by atoms with Crippen LogP contribution in [0, 0.1) is 5.92 Å². The predicted octanol–water partition coefficient (Wildman–Crippen LogP) is -0.564. The number of ether oxygens (including phenoxy) is 2. The maximum absolute atomic E-state index is 13.8. The maximum atomic E-state index is 13.8. The number of amides is 5. The molecule has 0 saturated carbocycles. The second kappa shape index (κ2) is 36.1. The largest absolute Gasteiger partial charge is 0.508 e. The van der Waals surface area contributed by atoms with Gasteiger partial charge >= 0.3 is 23.9 Å². The molecule has 10 N–H and O–H groups in total. The maximum Gasteiger partial charge on any atom is 0.320 e. The number of benzene rings is 2. The number of carboxylic acids is 4. The smallest absolute Gasteiger partial charge is 0.320 e. The number of aromatic nitrogens is 3. The van der Waals surface area contributed by atoms with E-state index in [4.69, 9.17) is 9.47 Å². The topological polar surface area (TPSA) is 389 Å². The molecule has 30 heteroatoms. The van der Waals surface area contributed by atoms with E-state index in [1.54, 1.807) is 32.6 Å². The number of phenolic OH excluding ortho intramolecular Hbond substituents is 2. The molecule has 2 saturated heterocycles. The van der Waals surface area contributed by atoms with Crippen molar-refractivity contribution >= 4 is 69.7 Å². The molecule has 5 rings (SSSR count). The number of hydrogen-bond donors (Lipinski definition) is 10. The number of rotatable bonds is 32. The van der Waals surface area contributed by atoms with Crippen LogP contribution in [0.4, 0.5) is 0 Å². The molecule has 0 aliphatic carbocycles. The van der Waals surface area contributed by atoms with Crippen molar-refractivity contribution in [3.05, 3.63) is 53.3 Å². The van der Waals surface area contributed by atoms with Crippen LogP contribution in [0.5, 0.6) is 11.5 Å². The molecule has 476 valence electrons. The Morgan fingerprint density at radius 3 is 1.76 bits per heavy atom. The van der Waals surface area contributed by atoms with Gasteiger partial charge in [0.25, 0.3) is 5.91 Å². The average molecular weight is 1240 g/mol. The van der Waals surface area contributed by atoms with Gasteiger partial charge in [0.15, 0.2) is 5.82 Å². The van der Waals surface area contributed by atoms with Crippen molar-refractivity contribution in [2.45, 2.75) is 82.6 Å². The van der Waals surface area contributed by atoms with Crippen molar-refractivity contribution in [1.82, 2.24) is 60.5 Å². The molecule has 2 aromatic carbocycles. The molecule has 3 heterocycles. The fourth-order valence-electron chi connectivity index (χ4n) is 10.2. The lowest BCUT2D eigenvalue weighted by molar-refractivity contribution is -0.145. The number of nitrogens with zero attached hydrogens (tertiary/aromatic N) is 8. The lowest BCUT2D eigenvalue weighted by Crippen LogP contribution is -2.52. The number of carboxylic acid groups (broad SMARTS) is 4. The summed E-state index contributed by atoms with van der Waals surface area (Å²) in [6, 6.07) is 8.34. The van der Waals surface area contributed by atoms with Crippen molar-refractivity contribution < 1.29 is 83.3 Å². The highest BCUT2D eigenvalue weighted by Crippen LogP contribution is 2.38. The standard InChI is InChI=1S/C57H83N12O17.Al/c1-37(2)43-32-44(47(72)33-46(43)71)53-62-63-54(69(53)42-7-5-40(6-8-42)31-41-11-17-67(18-12-41)39(4)70)56(82)60-15-14-59-55(81)38(3)61-49(74)13-27-85-29-30-86-28-16-58-48(73)10-9-45(57(83)84)68-25-23-65(35-51(77)78)21-19-64(34-50(75)76)20-22-66(24-26-68)36-52(79)80;/h5-8,32-33,37-38,41,45,71-72H,3,9-31,34-36H2,1-2,4H3,(H,58,73)(H,59,81)(H,60,82)(H,61,74)(H,75,76)(H,77,78)(H,79,80)(H,83,84);. The minimum absolute atomic E-state index is 0.00729. The van der Waals surface area contributed by atoms with Crippen molar-refractivity contribution in [3.8, 4) is 28.6 Å². The number of aliphatic carboxylic acids is 4. The van der Waals surface area contributed by atoms with Crippen LogP contribution >= 0.6 is 0 Å². The number of hydrogen-bond acceptors (Lipinski definition) is 19. The first-order valence-electron chi connectivity index (χ1n) is 29.2. The monoisotopic (exact) mass is 1230 g/mol. The summed E-state index contributed by atoms with van der Waals surface area (Å²) in [4.78, 5) is 120. The van der Waals surface area contributed by atoms with Gasteiger partial charge in [0.05, 0.1) is 57.7 Å². The van der Waals surface area contributed by atoms with E-state index >= 15 is 0 Å². The third-order valence-electron chi connectivity index (χ3n) is 15.0. The Balaban J connectivity index is 1.02. The molecule has 2 unspecified atom stereocenters. The van der Waals surface area contributed by atoms with E-state index in [0.29, 0.717) is 30.3 Å². The summed E-state index contributed by atoms with van der Waals surface area (Å²) in [5.41, 5.74) is 2.40. The van der Waals surface area contributed by atoms with Crippen LogP contribution in [0.3, 0.4) is 0 Å². The lowest BCUT2D eigenvalue weighted by Gasteiger charge is -2.35. The Bertz CT molecular complexity index is 2770. The molecule has 2 atom stereocenters. The van der Waals surface area contributed by atoms with E-state index in [0.717, 1.165) is 24.8 Å². The number of aromatic hydroxyl groups is 2. The Morgan fingerprint density at radius 1 is 0.655 bits per heavy atom. The fraction of sp³-hybridized carbons (Fsp3) is 0.596. The van der Waals surface area contributed by atoms with Crippen LogP contribution in [0.2, 0.25) is 5.28 Å². The van der Waals surface area contributed by atoms with Gasteiger partial charge in [-0.15, -0.1) is 10.2 Å². The third kappa shape index (κ3) is 23.7. The summed E-state index contributed by atoms with van der Waals surface area (Å²) in [5, 5.41) is 79.9. The van der Waals surface area contributed by atoms with Crippen molar-refractivity contribution in [2.75, 3.05) is 131 Å². The highest BCUT2D eigenvalue weighted by molar-refractivity contribution is 6.11. The number of piperidine rings is 1. The van der Waals surface area contributed by atoms with Gasteiger partial charge in [-0.2, -0.15) is 0 Å². The van der Waals surface area contributed by atoms with E-state index in [1.807, 2.05) is 43.0 Å². The molecule has 0 bridgehead atoms. The molecule has 5 amide bonds. The summed E-state index contributed by atoms with van der Waals surface area (Å²) in [6.07, 6.45) is 2.23. The van der Waals surface area contributed by atoms with Crippen LogP contribution in [-0.4, -0.2) is 283 Å². The van der Waals surface area contributed by atoms with E-state index in [1.165, 1.54) is 10.6 Å². The third-order valence-corrected chi connectivity index (χ3v) is 15.5. The van der Waals surface area contributed by atoms with Crippen LogP contribution in [-0.2, 0) is 54.3 Å². The van der Waals surface area contributed by atoms with Gasteiger partial charge in [0.2, 0.25) is 29.5 Å². The predicted molar refractivity (Wildman–Crippen MR) is 314 cm³/mol. The highest BCUT2D eigenvalue weighted by Gasteiger charge is 2.30. The molecule has 2 aliphatic rings. The average Bonchev–Trinajstić information content (AvgIpc) is 1.80. The molecule has 1 aromatic heterocycles. The number of nitrogens with one attached hydrogen (secondary N) is 4. The van der Waals surface area contributed by atoms with Crippen LogP contribution in [0.1, 0.15) is 80.5 Å². The van der Waals surface area contributed by atoms with Gasteiger partial charge in [0.1, 0.15) is 33.8 Å². The minimum atomic E-state index is -1.22. The summed E-state index contributed by atoms with van der Waals surface area (Å²) in [5.74, 6) is -6.51. The molecule has 2 fully saturated rings. The molecule has 0 spiro atoms. The fourth-order valence-corrected chi connectivity index (χ4v) is 10.5. The van der Waals surface area contributed by atoms with Gasteiger partial charge in [0, 0.05) is 117 Å². The number of likely N-dealkylation sites (tertiary alicyclic amines) is 1. The SMILES string of the molecule is CC(=O)N1CCC(Cc2ccc(-n3c(C(=O)NCCNC(=O)C([CH2][Al])NC(=O)CCOCCOCCNC(=O)CCC(C(=O)O)N4CCN(CC(=O)O)CCN(CC(=O)O)CCN(CC(=O)O)CC4)nnc3-c3cc(C(C)C)c(O)cc3O)cc2)CC1. The van der Waals surface area contributed by atoms with E-state index < -0.39 is 59.6 Å². The Labute approximate surface area is 513 Å². The van der Waals surface area contributed by atoms with Crippen molar-refractivity contribution in [1.29, 1.82) is 0 Å². The second-order valence-electron chi connectivity index (χ2n) is 21.8. The van der Waals surface area contributed by atoms with Crippen molar-refractivity contribution in [3.63, 3.8) is 0 Å². The first-order valence-corrected chi connectivity index (χ1v) is 30.0. The number of carbonyl (C=O) groups is 9. The molecular formula is C57H83AlN12O17. The highest BCUT2D eigenvalue weighted by atomic mass is 27.0. The van der Waals surface area contributed by atoms with Crippen LogP contribution in [0.15, 0.2) is 36.4 Å². The second-order valence-corrected chi connectivity index (χ2v) is 22.2. The van der Waals surface area contributed by atoms with Gasteiger partial charge in [-0.05, 0) is 66.8 Å². The lowest BCUT2D eigenvalue weighted by atomic mass is 9.90. The Kier molecular flexibility index (Phi) is 29.3. The van der Waals surface area contributed by atoms with Gasteiger partial charge in [-0.25, -0.2) is 0 Å². The molecule has 3 aromatic rings. The summed E-state index contributed by atoms with van der Waals surface area (Å²) in [7, 11) is 0. The molecule has 87 heavy (non-hydrogen) atoms. The van der Waals surface area contributed by atoms with Gasteiger partial charge in [-0.1, -0.05) is 31.3 Å². The zero-order valence-electron chi connectivity index (χ0n) is 49.7. The van der Waals surface area contributed by atoms with E-state index in [-0.39, 0.29) is 183 Å². The molecular weight excluding hydrogens is 1150 g/mol. The zero-order chi connectivity index (χ0) is 63.6. The first kappa shape index (κ1) is 70.5. The van der Waals surface area contributed by atoms with Crippen LogP contribution < -0.4 is 21.3 Å². The molecule has 2 aliphatic heterocycles. The summed E-state index contributed by atoms with van der Waals surface area (Å²) in [6.45, 7) is 7.17. The van der Waals surface area contributed by atoms with Gasteiger partial charge in [-0.3, -0.25) is 67.3 Å². The van der Waals surface area contributed by atoms with Crippen molar-refractivity contribution in [2.24, 2.45) is 5.92 Å². The minimum Gasteiger partial charge on any atom is -0.508 e. The van der Waals surface area contributed by atoms with E-state index in [2.05, 4.69) is 47.8 Å². The van der Waals surface area contributed by atoms with Gasteiger partial charge < -0.3 is 66.3 Å². The number of phenols is 2. The van der Waals surface area contributed by atoms with Crippen LogP contribution in [0.25, 0.3) is 17.1 Å². The number of carbonyl (C=O) groups excluding carboxylic acids is 5. The normalized spacial score (nSPS) is 16.0. The zero-order valence-corrected chi connectivity index (χ0v) is 50.8. The Morgan fingerprint density at radius 2 is 1.22 bits per heavy atom. The summed E-state index contributed by atoms with van der Waals surface area (Å²) < 4.78 is 12.6.